The molecular weight excluding hydrogens is 489 g/mol. The highest BCUT2D eigenvalue weighted by atomic mass is 35.5. The van der Waals surface area contributed by atoms with Crippen LogP contribution in [0.2, 0.25) is 10.0 Å². The molecule has 8 nitrogen and oxygen atoms in total. The van der Waals surface area contributed by atoms with Gasteiger partial charge in [-0.05, 0) is 43.2 Å². The first-order valence-corrected chi connectivity index (χ1v) is 12.4. The van der Waals surface area contributed by atoms with Crippen molar-refractivity contribution in [2.75, 3.05) is 13.1 Å². The molecule has 1 aliphatic rings. The van der Waals surface area contributed by atoms with E-state index in [2.05, 4.69) is 5.32 Å². The monoisotopic (exact) mass is 511 g/mol. The minimum Gasteiger partial charge on any atom is -0.354 e. The molecular formula is C22H23Cl2N3O5S. The van der Waals surface area contributed by atoms with E-state index in [0.29, 0.717) is 32.9 Å². The second kappa shape index (κ2) is 10.1. The number of nitrogens with zero attached hydrogens (tertiary/aromatic N) is 2. The van der Waals surface area contributed by atoms with Gasteiger partial charge in [0.2, 0.25) is 11.8 Å². The molecule has 0 aliphatic carbocycles. The van der Waals surface area contributed by atoms with Gasteiger partial charge in [0.15, 0.2) is 0 Å². The third-order valence-electron chi connectivity index (χ3n) is 5.26. The summed E-state index contributed by atoms with van der Waals surface area (Å²) in [6.45, 7) is 3.02. The first-order valence-electron chi connectivity index (χ1n) is 10.2. The van der Waals surface area contributed by atoms with Crippen LogP contribution in [0.5, 0.6) is 0 Å². The van der Waals surface area contributed by atoms with E-state index in [1.807, 2.05) is 6.92 Å². The van der Waals surface area contributed by atoms with E-state index in [1.54, 1.807) is 18.2 Å². The molecule has 0 saturated carbocycles. The zero-order valence-corrected chi connectivity index (χ0v) is 20.4. The van der Waals surface area contributed by atoms with Crippen LogP contribution in [0.1, 0.15) is 36.2 Å². The van der Waals surface area contributed by atoms with Crippen molar-refractivity contribution >= 4 is 50.9 Å². The number of carbonyl (C=O) groups is 3. The molecule has 0 unspecified atom stereocenters. The van der Waals surface area contributed by atoms with Gasteiger partial charge in [-0.25, -0.2) is 12.7 Å². The molecule has 2 aromatic carbocycles. The lowest BCUT2D eigenvalue weighted by molar-refractivity contribution is -0.140. The lowest BCUT2D eigenvalue weighted by Gasteiger charge is -2.30. The van der Waals surface area contributed by atoms with Crippen molar-refractivity contribution in [3.05, 3.63) is 63.6 Å². The van der Waals surface area contributed by atoms with Gasteiger partial charge < -0.3 is 10.2 Å². The van der Waals surface area contributed by atoms with Crippen LogP contribution in [0.25, 0.3) is 0 Å². The number of halogens is 2. The van der Waals surface area contributed by atoms with Crippen molar-refractivity contribution in [1.82, 2.24) is 14.5 Å². The van der Waals surface area contributed by atoms with Gasteiger partial charge in [-0.1, -0.05) is 48.3 Å². The smallest absolute Gasteiger partial charge is 0.269 e. The van der Waals surface area contributed by atoms with E-state index < -0.39 is 40.3 Å². The maximum absolute atomic E-state index is 13.3. The number of benzene rings is 2. The fraction of sp³-hybridized carbons (Fsp3) is 0.318. The first kappa shape index (κ1) is 25.0. The van der Waals surface area contributed by atoms with Gasteiger partial charge in [0.25, 0.3) is 15.9 Å². The maximum Gasteiger partial charge on any atom is 0.269 e. The molecule has 1 N–H and O–H groups in total. The molecule has 3 amide bonds. The van der Waals surface area contributed by atoms with Crippen LogP contribution in [0.15, 0.2) is 47.4 Å². The van der Waals surface area contributed by atoms with E-state index in [1.165, 1.54) is 36.1 Å². The first-order chi connectivity index (χ1) is 15.6. The largest absolute Gasteiger partial charge is 0.354 e. The van der Waals surface area contributed by atoms with Crippen molar-refractivity contribution in [2.24, 2.45) is 0 Å². The minimum absolute atomic E-state index is 0.00586. The quantitative estimate of drug-likeness (QED) is 0.586. The number of amides is 3. The van der Waals surface area contributed by atoms with Crippen LogP contribution in [0.3, 0.4) is 0 Å². The predicted molar refractivity (Wildman–Crippen MR) is 124 cm³/mol. The summed E-state index contributed by atoms with van der Waals surface area (Å²) in [7, 11) is -4.18. The van der Waals surface area contributed by atoms with Crippen LogP contribution in [0, 0.1) is 0 Å². The van der Waals surface area contributed by atoms with E-state index in [9.17, 15) is 22.8 Å². The Morgan fingerprint density at radius 1 is 1.15 bits per heavy atom. The van der Waals surface area contributed by atoms with Crippen LogP contribution >= 0.6 is 23.2 Å². The summed E-state index contributed by atoms with van der Waals surface area (Å²) in [5, 5.41) is 3.42. The van der Waals surface area contributed by atoms with Crippen molar-refractivity contribution in [3.63, 3.8) is 0 Å². The molecule has 0 fully saturated rings. The molecule has 0 spiro atoms. The summed E-state index contributed by atoms with van der Waals surface area (Å²) in [6.07, 6.45) is 0.703. The van der Waals surface area contributed by atoms with E-state index in [4.69, 9.17) is 23.2 Å². The average molecular weight is 512 g/mol. The molecule has 176 valence electrons. The van der Waals surface area contributed by atoms with Gasteiger partial charge in [0.1, 0.15) is 17.5 Å². The number of fused-ring (bicyclic) bond motifs is 1. The highest BCUT2D eigenvalue weighted by Gasteiger charge is 2.43. The Hall–Kier alpha value is -2.62. The van der Waals surface area contributed by atoms with Crippen molar-refractivity contribution < 1.29 is 22.8 Å². The van der Waals surface area contributed by atoms with Crippen LogP contribution in [0.4, 0.5) is 0 Å². The second-order valence-electron chi connectivity index (χ2n) is 7.54. The normalized spacial score (nSPS) is 15.2. The van der Waals surface area contributed by atoms with Gasteiger partial charge >= 0.3 is 0 Å². The number of hydrogen-bond donors (Lipinski definition) is 1. The summed E-state index contributed by atoms with van der Waals surface area (Å²) >= 11 is 12.2. The van der Waals surface area contributed by atoms with Crippen LogP contribution in [-0.2, 0) is 26.2 Å². The number of sulfonamides is 1. The molecule has 0 bridgehead atoms. The summed E-state index contributed by atoms with van der Waals surface area (Å²) in [4.78, 5) is 39.7. The Morgan fingerprint density at radius 3 is 2.48 bits per heavy atom. The number of hydrogen-bond acceptors (Lipinski definition) is 5. The zero-order chi connectivity index (χ0) is 24.3. The summed E-state index contributed by atoms with van der Waals surface area (Å²) in [6, 6.07) is 9.54. The standard InChI is InChI=1S/C22H23Cl2N3O5S/c1-3-10-25-21(29)14(2)26(12-15-8-9-16(23)11-18(15)24)20(28)13-27-22(30)17-6-4-5-7-19(17)33(27,31)32/h4-9,11,14H,3,10,12-13H2,1-2H3,(H,25,29)/t14-/m1/s1. The Labute approximate surface area is 202 Å². The Bertz CT molecular complexity index is 1200. The molecule has 33 heavy (non-hydrogen) atoms. The number of rotatable bonds is 8. The maximum atomic E-state index is 13.3. The topological polar surface area (TPSA) is 104 Å². The molecule has 0 aromatic heterocycles. The summed E-state index contributed by atoms with van der Waals surface area (Å²) in [5.41, 5.74) is 0.523. The minimum atomic E-state index is -4.18. The van der Waals surface area contributed by atoms with Gasteiger partial charge in [-0.15, -0.1) is 0 Å². The van der Waals surface area contributed by atoms with Crippen molar-refractivity contribution in [2.45, 2.75) is 37.8 Å². The van der Waals surface area contributed by atoms with E-state index >= 15 is 0 Å². The molecule has 1 aliphatic heterocycles. The van der Waals surface area contributed by atoms with Gasteiger partial charge in [0, 0.05) is 23.1 Å². The fourth-order valence-corrected chi connectivity index (χ4v) is 5.40. The highest BCUT2D eigenvalue weighted by molar-refractivity contribution is 7.90. The number of carbonyl (C=O) groups excluding carboxylic acids is 3. The Morgan fingerprint density at radius 2 is 1.85 bits per heavy atom. The predicted octanol–water partition coefficient (Wildman–Crippen LogP) is 3.08. The Balaban J connectivity index is 1.90. The van der Waals surface area contributed by atoms with Gasteiger partial charge in [0.05, 0.1) is 5.56 Å². The molecule has 0 radical (unpaired) electrons. The highest BCUT2D eigenvalue weighted by Crippen LogP contribution is 2.30. The molecule has 1 atom stereocenters. The van der Waals surface area contributed by atoms with Gasteiger partial charge in [-0.3, -0.25) is 14.4 Å². The van der Waals surface area contributed by atoms with E-state index in [-0.39, 0.29) is 17.0 Å². The third-order valence-corrected chi connectivity index (χ3v) is 7.64. The molecule has 2 aromatic rings. The molecule has 0 saturated heterocycles. The fourth-order valence-electron chi connectivity index (χ4n) is 3.41. The summed E-state index contributed by atoms with van der Waals surface area (Å²) < 4.78 is 26.3. The molecule has 3 rings (SSSR count). The third kappa shape index (κ3) is 5.15. The molecule has 11 heteroatoms. The number of nitrogens with one attached hydrogen (secondary N) is 1. The van der Waals surface area contributed by atoms with Crippen LogP contribution in [-0.4, -0.2) is 54.5 Å². The van der Waals surface area contributed by atoms with Crippen molar-refractivity contribution in [1.29, 1.82) is 0 Å². The average Bonchev–Trinajstić information content (AvgIpc) is 2.97. The lowest BCUT2D eigenvalue weighted by atomic mass is 10.1. The summed E-state index contributed by atoms with van der Waals surface area (Å²) in [5.74, 6) is -1.91. The lowest BCUT2D eigenvalue weighted by Crippen LogP contribution is -2.51. The zero-order valence-electron chi connectivity index (χ0n) is 18.0. The Kier molecular flexibility index (Phi) is 7.66. The van der Waals surface area contributed by atoms with E-state index in [0.717, 1.165) is 0 Å². The second-order valence-corrected chi connectivity index (χ2v) is 10.2. The SMILES string of the molecule is CCCNC(=O)[C@@H](C)N(Cc1ccc(Cl)cc1Cl)C(=O)CN1C(=O)c2ccccc2S1(=O)=O. The van der Waals surface area contributed by atoms with Gasteiger partial charge in [-0.2, -0.15) is 0 Å². The molecule has 1 heterocycles. The van der Waals surface area contributed by atoms with Crippen LogP contribution < -0.4 is 5.32 Å². The van der Waals surface area contributed by atoms with Crippen molar-refractivity contribution in [3.8, 4) is 0 Å².